The maximum absolute atomic E-state index is 12.1. The van der Waals surface area contributed by atoms with Gasteiger partial charge in [0.25, 0.3) is 0 Å². The average molecular weight is 364 g/mol. The van der Waals surface area contributed by atoms with Crippen LogP contribution in [0.25, 0.3) is 0 Å². The highest BCUT2D eigenvalue weighted by atomic mass is 79.9. The second kappa shape index (κ2) is 7.19. The molecule has 0 saturated carbocycles. The van der Waals surface area contributed by atoms with E-state index >= 15 is 0 Å². The molecule has 0 heterocycles. The number of carbonyl (C=O) groups is 1. The van der Waals surface area contributed by atoms with Crippen molar-refractivity contribution in [3.63, 3.8) is 0 Å². The second-order valence-electron chi connectivity index (χ2n) is 4.64. The molecule has 0 bridgehead atoms. The van der Waals surface area contributed by atoms with Gasteiger partial charge >= 0.3 is 0 Å². The van der Waals surface area contributed by atoms with E-state index in [-0.39, 0.29) is 18.1 Å². The zero-order valence-electron chi connectivity index (χ0n) is 11.7. The molecule has 0 spiro atoms. The highest BCUT2D eigenvalue weighted by Gasteiger charge is 2.13. The van der Waals surface area contributed by atoms with Crippen molar-refractivity contribution in [2.45, 2.75) is 0 Å². The second-order valence-corrected chi connectivity index (χ2v) is 7.75. The molecule has 1 aromatic carbocycles. The summed E-state index contributed by atoms with van der Waals surface area (Å²) in [7, 11) is 0.268. The van der Waals surface area contributed by atoms with Crippen LogP contribution in [0.15, 0.2) is 22.7 Å². The first-order valence-electron chi connectivity index (χ1n) is 5.96. The van der Waals surface area contributed by atoms with Crippen molar-refractivity contribution in [2.75, 3.05) is 39.3 Å². The fraction of sp³-hybridized carbons (Fsp3) is 0.462. The van der Waals surface area contributed by atoms with Crippen molar-refractivity contribution < 1.29 is 17.9 Å². The molecule has 0 radical (unpaired) electrons. The number of hydrogen-bond acceptors (Lipinski definition) is 5. The van der Waals surface area contributed by atoms with Gasteiger partial charge in [-0.25, -0.2) is 8.42 Å². The van der Waals surface area contributed by atoms with Crippen LogP contribution in [0.1, 0.15) is 10.4 Å². The van der Waals surface area contributed by atoms with E-state index in [0.29, 0.717) is 22.3 Å². The summed E-state index contributed by atoms with van der Waals surface area (Å²) in [5.41, 5.74) is 0.559. The molecule has 7 heteroatoms. The molecule has 0 aromatic heterocycles. The molecule has 0 N–H and O–H groups in total. The van der Waals surface area contributed by atoms with Gasteiger partial charge in [-0.15, -0.1) is 0 Å². The third kappa shape index (κ3) is 5.60. The lowest BCUT2D eigenvalue weighted by atomic mass is 10.1. The van der Waals surface area contributed by atoms with Crippen molar-refractivity contribution in [2.24, 2.45) is 0 Å². The Morgan fingerprint density at radius 3 is 2.55 bits per heavy atom. The smallest absolute Gasteiger partial charge is 0.176 e. The number of rotatable bonds is 7. The molecule has 0 aliphatic rings. The van der Waals surface area contributed by atoms with E-state index in [4.69, 9.17) is 4.74 Å². The predicted molar refractivity (Wildman–Crippen MR) is 82.2 cm³/mol. The average Bonchev–Trinajstić information content (AvgIpc) is 2.35. The first-order chi connectivity index (χ1) is 9.23. The number of likely N-dealkylation sites (N-methyl/N-ethyl adjacent to an activating group) is 1. The Balaban J connectivity index is 2.64. The van der Waals surface area contributed by atoms with Crippen LogP contribution >= 0.6 is 15.9 Å². The number of benzene rings is 1. The highest BCUT2D eigenvalue weighted by Crippen LogP contribution is 2.25. The molecule has 0 aliphatic heterocycles. The standard InChI is InChI=1S/C13H18BrNO4S/c1-15(6-7-20(3,17)18)9-12(16)10-4-5-13(19-2)11(14)8-10/h4-5,8H,6-7,9H2,1-3H3. The summed E-state index contributed by atoms with van der Waals surface area (Å²) < 4.78 is 28.0. The van der Waals surface area contributed by atoms with Crippen molar-refractivity contribution in [1.82, 2.24) is 4.90 Å². The van der Waals surface area contributed by atoms with Gasteiger partial charge in [0, 0.05) is 18.4 Å². The maximum atomic E-state index is 12.1. The third-order valence-corrected chi connectivity index (χ3v) is 4.27. The van der Waals surface area contributed by atoms with Crippen LogP contribution in [0.3, 0.4) is 0 Å². The topological polar surface area (TPSA) is 63.7 Å². The fourth-order valence-electron chi connectivity index (χ4n) is 1.58. The van der Waals surface area contributed by atoms with E-state index in [9.17, 15) is 13.2 Å². The van der Waals surface area contributed by atoms with E-state index in [1.165, 1.54) is 6.26 Å². The molecule has 0 saturated heterocycles. The molecular weight excluding hydrogens is 346 g/mol. The zero-order valence-corrected chi connectivity index (χ0v) is 14.1. The summed E-state index contributed by atoms with van der Waals surface area (Å²) in [6, 6.07) is 5.11. The summed E-state index contributed by atoms with van der Waals surface area (Å²) >= 11 is 3.33. The lowest BCUT2D eigenvalue weighted by Gasteiger charge is -2.15. The minimum atomic E-state index is -3.01. The summed E-state index contributed by atoms with van der Waals surface area (Å²) in [6.45, 7) is 0.510. The minimum absolute atomic E-state index is 0.0447. The number of sulfone groups is 1. The monoisotopic (exact) mass is 363 g/mol. The summed E-state index contributed by atoms with van der Waals surface area (Å²) in [6.07, 6.45) is 1.18. The Morgan fingerprint density at radius 2 is 2.05 bits per heavy atom. The van der Waals surface area contributed by atoms with Gasteiger partial charge in [-0.05, 0) is 41.2 Å². The molecule has 0 atom stereocenters. The first-order valence-corrected chi connectivity index (χ1v) is 8.81. The SMILES string of the molecule is COc1ccc(C(=O)CN(C)CCS(C)(=O)=O)cc1Br. The molecule has 112 valence electrons. The van der Waals surface area contributed by atoms with Gasteiger partial charge in [-0.3, -0.25) is 9.69 Å². The maximum Gasteiger partial charge on any atom is 0.176 e. The molecule has 0 amide bonds. The first kappa shape index (κ1) is 17.1. The number of nitrogens with zero attached hydrogens (tertiary/aromatic N) is 1. The van der Waals surface area contributed by atoms with Gasteiger partial charge < -0.3 is 4.74 Å². The quantitative estimate of drug-likeness (QED) is 0.688. The van der Waals surface area contributed by atoms with Crippen LogP contribution in [0.5, 0.6) is 5.75 Å². The normalized spacial score (nSPS) is 11.7. The number of ketones is 1. The summed E-state index contributed by atoms with van der Waals surface area (Å²) in [4.78, 5) is 13.8. The summed E-state index contributed by atoms with van der Waals surface area (Å²) in [5, 5.41) is 0. The van der Waals surface area contributed by atoms with Crippen molar-refractivity contribution in [3.8, 4) is 5.75 Å². The fourth-order valence-corrected chi connectivity index (χ4v) is 2.76. The van der Waals surface area contributed by atoms with E-state index in [1.54, 1.807) is 37.3 Å². The van der Waals surface area contributed by atoms with E-state index in [0.717, 1.165) is 0 Å². The van der Waals surface area contributed by atoms with E-state index in [1.807, 2.05) is 0 Å². The Kier molecular flexibility index (Phi) is 6.16. The minimum Gasteiger partial charge on any atom is -0.496 e. The Bertz CT molecular complexity index is 586. The number of Topliss-reactive ketones (excluding diaryl/α,β-unsaturated/α-hetero) is 1. The summed E-state index contributed by atoms with van der Waals surface area (Å²) in [5.74, 6) is 0.639. The number of methoxy groups -OCH3 is 1. The van der Waals surface area contributed by atoms with Gasteiger partial charge in [0.2, 0.25) is 0 Å². The lowest BCUT2D eigenvalue weighted by molar-refractivity contribution is 0.0949. The largest absolute Gasteiger partial charge is 0.496 e. The predicted octanol–water partition coefficient (Wildman–Crippen LogP) is 1.62. The van der Waals surface area contributed by atoms with Gasteiger partial charge in [0.05, 0.1) is 23.9 Å². The van der Waals surface area contributed by atoms with Crippen LogP contribution < -0.4 is 4.74 Å². The third-order valence-electron chi connectivity index (χ3n) is 2.73. The number of ether oxygens (including phenoxy) is 1. The number of halogens is 1. The molecule has 0 fully saturated rings. The molecule has 1 rings (SSSR count). The van der Waals surface area contributed by atoms with Gasteiger partial charge in [0.1, 0.15) is 15.6 Å². The lowest BCUT2D eigenvalue weighted by Crippen LogP contribution is -2.30. The zero-order chi connectivity index (χ0) is 15.3. The Hall–Kier alpha value is -0.920. The Labute approximate surface area is 128 Å². The Morgan fingerprint density at radius 1 is 1.40 bits per heavy atom. The highest BCUT2D eigenvalue weighted by molar-refractivity contribution is 9.10. The van der Waals surface area contributed by atoms with Crippen LogP contribution in [0.2, 0.25) is 0 Å². The van der Waals surface area contributed by atoms with Crippen LogP contribution in [0.4, 0.5) is 0 Å². The van der Waals surface area contributed by atoms with Crippen molar-refractivity contribution in [1.29, 1.82) is 0 Å². The van der Waals surface area contributed by atoms with Gasteiger partial charge in [-0.1, -0.05) is 0 Å². The number of carbonyl (C=O) groups excluding carboxylic acids is 1. The van der Waals surface area contributed by atoms with Crippen LogP contribution in [0, 0.1) is 0 Å². The molecule has 0 aliphatic carbocycles. The van der Waals surface area contributed by atoms with Crippen LogP contribution in [-0.4, -0.2) is 58.4 Å². The molecule has 5 nitrogen and oxygen atoms in total. The number of hydrogen-bond donors (Lipinski definition) is 0. The van der Waals surface area contributed by atoms with Crippen molar-refractivity contribution >= 4 is 31.6 Å². The van der Waals surface area contributed by atoms with E-state index < -0.39 is 9.84 Å². The molecular formula is C13H18BrNO4S. The van der Waals surface area contributed by atoms with Gasteiger partial charge in [0.15, 0.2) is 5.78 Å². The molecule has 0 unspecified atom stereocenters. The molecule has 20 heavy (non-hydrogen) atoms. The molecule has 1 aromatic rings. The van der Waals surface area contributed by atoms with Crippen LogP contribution in [-0.2, 0) is 9.84 Å². The van der Waals surface area contributed by atoms with Crippen molar-refractivity contribution in [3.05, 3.63) is 28.2 Å². The van der Waals surface area contributed by atoms with E-state index in [2.05, 4.69) is 15.9 Å². The van der Waals surface area contributed by atoms with Gasteiger partial charge in [-0.2, -0.15) is 0 Å².